The van der Waals surface area contributed by atoms with Crippen LogP contribution in [0.5, 0.6) is 0 Å². The van der Waals surface area contributed by atoms with E-state index in [4.69, 9.17) is 0 Å². The Labute approximate surface area is 202 Å². The first-order valence-corrected chi connectivity index (χ1v) is 12.4. The molecule has 0 aliphatic carbocycles. The van der Waals surface area contributed by atoms with Gasteiger partial charge in [0.25, 0.3) is 0 Å². The van der Waals surface area contributed by atoms with Gasteiger partial charge < -0.3 is 4.57 Å². The zero-order chi connectivity index (χ0) is 22.5. The smallest absolute Gasteiger partial charge is 0.0628 e. The number of rotatable bonds is 3. The van der Waals surface area contributed by atoms with Gasteiger partial charge in [0.05, 0.1) is 16.7 Å². The molecule has 0 saturated carbocycles. The van der Waals surface area contributed by atoms with E-state index < -0.39 is 0 Å². The van der Waals surface area contributed by atoms with E-state index in [1.165, 1.54) is 59.8 Å². The molecule has 2 heterocycles. The van der Waals surface area contributed by atoms with Crippen LogP contribution in [0.3, 0.4) is 0 Å². The highest BCUT2D eigenvalue weighted by Crippen LogP contribution is 2.43. The van der Waals surface area contributed by atoms with Crippen molar-refractivity contribution >= 4 is 43.2 Å². The summed E-state index contributed by atoms with van der Waals surface area (Å²) in [4.78, 5) is 0. The molecule has 0 aliphatic rings. The van der Waals surface area contributed by atoms with Crippen LogP contribution in [0.2, 0.25) is 0 Å². The van der Waals surface area contributed by atoms with E-state index in [0.29, 0.717) is 0 Å². The maximum absolute atomic E-state index is 2.50. The summed E-state index contributed by atoms with van der Waals surface area (Å²) in [6.07, 6.45) is 0. The summed E-state index contributed by atoms with van der Waals surface area (Å²) >= 11 is 1.80. The molecule has 0 spiro atoms. The van der Waals surface area contributed by atoms with Gasteiger partial charge in [0.15, 0.2) is 0 Å². The third-order valence-electron chi connectivity index (χ3n) is 6.69. The number of para-hydroxylation sites is 2. The number of hydrogen-bond donors (Lipinski definition) is 0. The Kier molecular flexibility index (Phi) is 4.39. The predicted molar refractivity (Wildman–Crippen MR) is 147 cm³/mol. The van der Waals surface area contributed by atoms with E-state index in [1.807, 2.05) is 0 Å². The van der Waals surface area contributed by atoms with Crippen molar-refractivity contribution in [2.75, 3.05) is 0 Å². The second-order valence-corrected chi connectivity index (χ2v) is 9.53. The van der Waals surface area contributed by atoms with Crippen LogP contribution in [0, 0.1) is 0 Å². The highest BCUT2D eigenvalue weighted by molar-refractivity contribution is 7.17. The molecular weight excluding hydrogens is 430 g/mol. The van der Waals surface area contributed by atoms with Crippen LogP contribution in [0.25, 0.3) is 59.8 Å². The summed E-state index contributed by atoms with van der Waals surface area (Å²) in [5, 5.41) is 6.09. The molecule has 0 unspecified atom stereocenters. The molecule has 0 aliphatic heterocycles. The summed E-state index contributed by atoms with van der Waals surface area (Å²) in [5.74, 6) is 0. The molecule has 1 nitrogen and oxygen atoms in total. The quantitative estimate of drug-likeness (QED) is 0.252. The summed E-state index contributed by atoms with van der Waals surface area (Å²) < 4.78 is 3.82. The Morgan fingerprint density at radius 2 is 1.12 bits per heavy atom. The predicted octanol–water partition coefficient (Wildman–Crippen LogP) is 9.33. The average Bonchev–Trinajstić information content (AvgIpc) is 3.52. The van der Waals surface area contributed by atoms with Gasteiger partial charge in [0.2, 0.25) is 0 Å². The molecule has 7 aromatic rings. The molecule has 7 rings (SSSR count). The number of hydrogen-bond acceptors (Lipinski definition) is 1. The van der Waals surface area contributed by atoms with Gasteiger partial charge in [-0.3, -0.25) is 0 Å². The van der Waals surface area contributed by atoms with Crippen molar-refractivity contribution in [3.8, 4) is 27.9 Å². The zero-order valence-corrected chi connectivity index (χ0v) is 19.3. The molecular formula is C32H21NS. The van der Waals surface area contributed by atoms with Gasteiger partial charge in [0.1, 0.15) is 0 Å². The molecule has 0 radical (unpaired) electrons. The third-order valence-corrected chi connectivity index (χ3v) is 7.58. The molecule has 160 valence electrons. The largest absolute Gasteiger partial charge is 0.307 e. The lowest BCUT2D eigenvalue weighted by atomic mass is 9.95. The first-order valence-electron chi connectivity index (χ1n) is 11.5. The number of benzene rings is 5. The lowest BCUT2D eigenvalue weighted by Gasteiger charge is -2.19. The van der Waals surface area contributed by atoms with Crippen molar-refractivity contribution in [3.05, 3.63) is 127 Å². The second-order valence-electron chi connectivity index (χ2n) is 8.58. The van der Waals surface area contributed by atoms with Gasteiger partial charge in [-0.1, -0.05) is 103 Å². The Bertz CT molecular complexity index is 1730. The molecule has 0 saturated heterocycles. The third kappa shape index (κ3) is 2.86. The minimum absolute atomic E-state index is 1.22. The summed E-state index contributed by atoms with van der Waals surface area (Å²) in [6, 6.07) is 43.8. The minimum atomic E-state index is 1.22. The highest BCUT2D eigenvalue weighted by Gasteiger charge is 2.20. The number of aromatic nitrogens is 1. The van der Waals surface area contributed by atoms with E-state index in [-0.39, 0.29) is 0 Å². The minimum Gasteiger partial charge on any atom is -0.307 e. The van der Waals surface area contributed by atoms with E-state index in [1.54, 1.807) is 11.3 Å². The van der Waals surface area contributed by atoms with Crippen LogP contribution in [-0.2, 0) is 0 Å². The van der Waals surface area contributed by atoms with Crippen LogP contribution in [-0.4, -0.2) is 4.57 Å². The Balaban J connectivity index is 1.72. The van der Waals surface area contributed by atoms with Crippen LogP contribution in [0.15, 0.2) is 127 Å². The molecule has 0 atom stereocenters. The van der Waals surface area contributed by atoms with E-state index in [9.17, 15) is 0 Å². The van der Waals surface area contributed by atoms with Crippen molar-refractivity contribution < 1.29 is 0 Å². The van der Waals surface area contributed by atoms with Crippen LogP contribution >= 0.6 is 11.3 Å². The number of nitrogens with zero attached hydrogens (tertiary/aromatic N) is 1. The average molecular weight is 452 g/mol. The van der Waals surface area contributed by atoms with Gasteiger partial charge in [-0.15, -0.1) is 11.3 Å². The maximum Gasteiger partial charge on any atom is 0.0628 e. The first kappa shape index (κ1) is 19.3. The summed E-state index contributed by atoms with van der Waals surface area (Å²) in [5.41, 5.74) is 8.65. The lowest BCUT2D eigenvalue weighted by Crippen LogP contribution is -2.00. The van der Waals surface area contributed by atoms with Gasteiger partial charge in [0, 0.05) is 32.0 Å². The van der Waals surface area contributed by atoms with Crippen LogP contribution in [0.4, 0.5) is 0 Å². The zero-order valence-electron chi connectivity index (χ0n) is 18.5. The Morgan fingerprint density at radius 1 is 0.471 bits per heavy atom. The van der Waals surface area contributed by atoms with Crippen molar-refractivity contribution in [1.29, 1.82) is 0 Å². The molecule has 2 aromatic heterocycles. The van der Waals surface area contributed by atoms with E-state index in [2.05, 4.69) is 131 Å². The van der Waals surface area contributed by atoms with E-state index >= 15 is 0 Å². The van der Waals surface area contributed by atoms with Gasteiger partial charge in [-0.2, -0.15) is 0 Å². The number of fused-ring (bicyclic) bond motifs is 5. The maximum atomic E-state index is 2.50. The molecule has 0 bridgehead atoms. The fraction of sp³-hybridized carbons (Fsp3) is 0. The highest BCUT2D eigenvalue weighted by atomic mass is 32.1. The van der Waals surface area contributed by atoms with Crippen LogP contribution < -0.4 is 0 Å². The van der Waals surface area contributed by atoms with Crippen molar-refractivity contribution in [2.24, 2.45) is 0 Å². The second kappa shape index (κ2) is 7.72. The van der Waals surface area contributed by atoms with Crippen molar-refractivity contribution in [2.45, 2.75) is 0 Å². The SMILES string of the molecule is c1ccc(-c2cccc(-c3ccccc3)c2-n2c3ccccc3c3ccc4sccc4c32)cc1. The molecule has 2 heteroatoms. The fourth-order valence-electron chi connectivity index (χ4n) is 5.22. The van der Waals surface area contributed by atoms with Crippen molar-refractivity contribution in [1.82, 2.24) is 4.57 Å². The topological polar surface area (TPSA) is 4.93 Å². The number of thiophene rings is 1. The molecule has 0 amide bonds. The molecule has 0 fully saturated rings. The van der Waals surface area contributed by atoms with E-state index in [0.717, 1.165) is 0 Å². The molecule has 5 aromatic carbocycles. The fourth-order valence-corrected chi connectivity index (χ4v) is 6.01. The molecule has 0 N–H and O–H groups in total. The summed E-state index contributed by atoms with van der Waals surface area (Å²) in [6.45, 7) is 0. The van der Waals surface area contributed by atoms with Gasteiger partial charge >= 0.3 is 0 Å². The Hall–Kier alpha value is -4.14. The monoisotopic (exact) mass is 451 g/mol. The van der Waals surface area contributed by atoms with Crippen LogP contribution in [0.1, 0.15) is 0 Å². The first-order chi connectivity index (χ1) is 16.9. The Morgan fingerprint density at radius 3 is 1.82 bits per heavy atom. The normalized spacial score (nSPS) is 11.5. The van der Waals surface area contributed by atoms with Gasteiger partial charge in [-0.05, 0) is 34.7 Å². The standard InChI is InChI=1S/C32H21NS/c1-3-10-22(11-4-1)24-15-9-16-25(23-12-5-2-6-13-23)31(24)33-29-17-8-7-14-26(29)27-18-19-30-28(32(27)33)20-21-34-30/h1-21H. The summed E-state index contributed by atoms with van der Waals surface area (Å²) in [7, 11) is 0. The lowest BCUT2D eigenvalue weighted by molar-refractivity contribution is 1.19. The van der Waals surface area contributed by atoms with Crippen molar-refractivity contribution in [3.63, 3.8) is 0 Å². The molecule has 34 heavy (non-hydrogen) atoms. The van der Waals surface area contributed by atoms with Gasteiger partial charge in [-0.25, -0.2) is 0 Å².